The fourth-order valence-electron chi connectivity index (χ4n) is 3.26. The van der Waals surface area contributed by atoms with Gasteiger partial charge >= 0.3 is 0 Å². The monoisotopic (exact) mass is 424 g/mol. The molecule has 0 saturated carbocycles. The van der Waals surface area contributed by atoms with Crippen LogP contribution < -0.4 is 20.7 Å². The van der Waals surface area contributed by atoms with Crippen molar-refractivity contribution < 1.29 is 19.1 Å². The lowest BCUT2D eigenvalue weighted by atomic mass is 10.2. The SMILES string of the molecule is COc1ccc(C)cc1NC(=NCC1CCCO1)NC(=O)c1cccc(NC(C)=O)c1. The highest BCUT2D eigenvalue weighted by molar-refractivity contribution is 6.10. The summed E-state index contributed by atoms with van der Waals surface area (Å²) in [7, 11) is 1.59. The van der Waals surface area contributed by atoms with E-state index in [-0.39, 0.29) is 17.9 Å². The average Bonchev–Trinajstić information content (AvgIpc) is 3.25. The van der Waals surface area contributed by atoms with Gasteiger partial charge in [-0.3, -0.25) is 14.9 Å². The first-order chi connectivity index (χ1) is 14.9. The summed E-state index contributed by atoms with van der Waals surface area (Å²) in [6, 6.07) is 12.4. The van der Waals surface area contributed by atoms with Gasteiger partial charge in [0.25, 0.3) is 5.91 Å². The van der Waals surface area contributed by atoms with Crippen LogP contribution in [0, 0.1) is 6.92 Å². The Bertz CT molecular complexity index is 968. The van der Waals surface area contributed by atoms with Crippen molar-refractivity contribution in [2.45, 2.75) is 32.8 Å². The molecule has 2 aromatic carbocycles. The minimum atomic E-state index is -0.350. The van der Waals surface area contributed by atoms with Gasteiger partial charge in [0.05, 0.1) is 25.4 Å². The van der Waals surface area contributed by atoms with Gasteiger partial charge in [0, 0.05) is 24.8 Å². The summed E-state index contributed by atoms with van der Waals surface area (Å²) in [5.74, 6) is 0.383. The number of guanidine groups is 1. The van der Waals surface area contributed by atoms with Crippen molar-refractivity contribution in [3.63, 3.8) is 0 Å². The Kier molecular flexibility index (Phi) is 7.61. The second kappa shape index (κ2) is 10.6. The molecule has 164 valence electrons. The molecule has 3 rings (SSSR count). The van der Waals surface area contributed by atoms with Crippen molar-refractivity contribution in [2.24, 2.45) is 4.99 Å². The number of carbonyl (C=O) groups excluding carboxylic acids is 2. The maximum Gasteiger partial charge on any atom is 0.258 e. The van der Waals surface area contributed by atoms with E-state index < -0.39 is 0 Å². The molecule has 1 aliphatic heterocycles. The van der Waals surface area contributed by atoms with Gasteiger partial charge in [0.15, 0.2) is 0 Å². The van der Waals surface area contributed by atoms with E-state index in [1.165, 1.54) is 6.92 Å². The molecular formula is C23H28N4O4. The lowest BCUT2D eigenvalue weighted by molar-refractivity contribution is -0.114. The molecule has 31 heavy (non-hydrogen) atoms. The standard InChI is InChI=1S/C23H28N4O4/c1-15-9-10-21(30-3)20(12-15)26-23(24-14-19-8-5-11-31-19)27-22(29)17-6-4-7-18(13-17)25-16(2)28/h4,6-7,9-10,12-13,19H,5,8,11,14H2,1-3H3,(H,25,28)(H2,24,26,27,29). The number of hydrogen-bond acceptors (Lipinski definition) is 5. The molecule has 1 heterocycles. The second-order valence-corrected chi connectivity index (χ2v) is 7.37. The number of nitrogens with zero attached hydrogens (tertiary/aromatic N) is 1. The van der Waals surface area contributed by atoms with Gasteiger partial charge in [0.2, 0.25) is 11.9 Å². The fraction of sp³-hybridized carbons (Fsp3) is 0.348. The van der Waals surface area contributed by atoms with E-state index in [1.54, 1.807) is 31.4 Å². The third-order valence-electron chi connectivity index (χ3n) is 4.76. The molecule has 1 aliphatic rings. The molecular weight excluding hydrogens is 396 g/mol. The number of aryl methyl sites for hydroxylation is 1. The molecule has 1 fully saturated rings. The van der Waals surface area contributed by atoms with Gasteiger partial charge < -0.3 is 20.1 Å². The predicted octanol–water partition coefficient (Wildman–Crippen LogP) is 3.34. The molecule has 0 aromatic heterocycles. The van der Waals surface area contributed by atoms with E-state index in [9.17, 15) is 9.59 Å². The number of benzene rings is 2. The Balaban J connectivity index is 1.81. The number of aliphatic imine (C=N–C) groups is 1. The van der Waals surface area contributed by atoms with Crippen LogP contribution >= 0.6 is 0 Å². The van der Waals surface area contributed by atoms with Gasteiger partial charge in [-0.15, -0.1) is 0 Å². The van der Waals surface area contributed by atoms with Crippen LogP contribution in [-0.2, 0) is 9.53 Å². The third kappa shape index (κ3) is 6.55. The van der Waals surface area contributed by atoms with Gasteiger partial charge in [-0.2, -0.15) is 0 Å². The number of ether oxygens (including phenoxy) is 2. The van der Waals surface area contributed by atoms with Crippen molar-refractivity contribution in [1.29, 1.82) is 0 Å². The van der Waals surface area contributed by atoms with Crippen molar-refractivity contribution in [3.05, 3.63) is 53.6 Å². The molecule has 0 bridgehead atoms. The summed E-state index contributed by atoms with van der Waals surface area (Å²) in [4.78, 5) is 28.8. The van der Waals surface area contributed by atoms with Crippen LogP contribution in [0.25, 0.3) is 0 Å². The number of rotatable bonds is 6. The Morgan fingerprint density at radius 2 is 2.03 bits per heavy atom. The first kappa shape index (κ1) is 22.3. The van der Waals surface area contributed by atoms with E-state index in [4.69, 9.17) is 9.47 Å². The molecule has 0 radical (unpaired) electrons. The lowest BCUT2D eigenvalue weighted by Gasteiger charge is -2.16. The van der Waals surface area contributed by atoms with E-state index in [0.29, 0.717) is 35.2 Å². The number of hydrogen-bond donors (Lipinski definition) is 3. The maximum absolute atomic E-state index is 12.9. The third-order valence-corrected chi connectivity index (χ3v) is 4.76. The van der Waals surface area contributed by atoms with Crippen LogP contribution in [0.1, 0.15) is 35.7 Å². The number of carbonyl (C=O) groups is 2. The molecule has 8 heteroatoms. The van der Waals surface area contributed by atoms with Crippen molar-refractivity contribution in [1.82, 2.24) is 5.32 Å². The second-order valence-electron chi connectivity index (χ2n) is 7.37. The van der Waals surface area contributed by atoms with E-state index >= 15 is 0 Å². The number of anilines is 2. The Labute approximate surface area is 182 Å². The molecule has 1 atom stereocenters. The Morgan fingerprint density at radius 1 is 1.19 bits per heavy atom. The molecule has 2 amide bonds. The quantitative estimate of drug-likeness (QED) is 0.488. The average molecular weight is 425 g/mol. The molecule has 8 nitrogen and oxygen atoms in total. The predicted molar refractivity (Wildman–Crippen MR) is 121 cm³/mol. The normalized spacial score (nSPS) is 16.0. The zero-order valence-corrected chi connectivity index (χ0v) is 18.0. The lowest BCUT2D eigenvalue weighted by Crippen LogP contribution is -2.37. The summed E-state index contributed by atoms with van der Waals surface area (Å²) in [6.45, 7) is 4.56. The fourth-order valence-corrected chi connectivity index (χ4v) is 3.26. The molecule has 1 saturated heterocycles. The molecule has 0 spiro atoms. The first-order valence-corrected chi connectivity index (χ1v) is 10.2. The summed E-state index contributed by atoms with van der Waals surface area (Å²) in [6.07, 6.45) is 1.99. The minimum absolute atomic E-state index is 0.0381. The van der Waals surface area contributed by atoms with Crippen LogP contribution in [0.5, 0.6) is 5.75 Å². The topological polar surface area (TPSA) is 101 Å². The number of nitrogens with one attached hydrogen (secondary N) is 3. The van der Waals surface area contributed by atoms with Crippen molar-refractivity contribution in [3.8, 4) is 5.75 Å². The van der Waals surface area contributed by atoms with Crippen molar-refractivity contribution in [2.75, 3.05) is 30.9 Å². The van der Waals surface area contributed by atoms with E-state index in [1.807, 2.05) is 25.1 Å². The van der Waals surface area contributed by atoms with Crippen LogP contribution in [0.15, 0.2) is 47.5 Å². The number of amides is 2. The van der Waals surface area contributed by atoms with Crippen LogP contribution in [0.3, 0.4) is 0 Å². The first-order valence-electron chi connectivity index (χ1n) is 10.2. The van der Waals surface area contributed by atoms with E-state index in [0.717, 1.165) is 25.0 Å². The van der Waals surface area contributed by atoms with Gasteiger partial charge in [-0.1, -0.05) is 12.1 Å². The highest BCUT2D eigenvalue weighted by Gasteiger charge is 2.17. The minimum Gasteiger partial charge on any atom is -0.495 e. The highest BCUT2D eigenvalue weighted by Crippen LogP contribution is 2.25. The zero-order valence-electron chi connectivity index (χ0n) is 18.0. The summed E-state index contributed by atoms with van der Waals surface area (Å²) in [5.41, 5.74) is 2.68. The van der Waals surface area contributed by atoms with Crippen LogP contribution in [0.2, 0.25) is 0 Å². The van der Waals surface area contributed by atoms with Crippen LogP contribution in [0.4, 0.5) is 11.4 Å². The highest BCUT2D eigenvalue weighted by atomic mass is 16.5. The van der Waals surface area contributed by atoms with E-state index in [2.05, 4.69) is 20.9 Å². The van der Waals surface area contributed by atoms with Gasteiger partial charge in [-0.05, 0) is 55.7 Å². The van der Waals surface area contributed by atoms with Crippen LogP contribution in [-0.4, -0.2) is 44.1 Å². The molecule has 1 unspecified atom stereocenters. The largest absolute Gasteiger partial charge is 0.495 e. The zero-order chi connectivity index (χ0) is 22.2. The Morgan fingerprint density at radius 3 is 2.74 bits per heavy atom. The van der Waals surface area contributed by atoms with Crippen molar-refractivity contribution >= 4 is 29.1 Å². The molecule has 0 aliphatic carbocycles. The van der Waals surface area contributed by atoms with Gasteiger partial charge in [0.1, 0.15) is 5.75 Å². The molecule has 2 aromatic rings. The molecule has 3 N–H and O–H groups in total. The Hall–Kier alpha value is -3.39. The number of methoxy groups -OCH3 is 1. The maximum atomic E-state index is 12.9. The summed E-state index contributed by atoms with van der Waals surface area (Å²) < 4.78 is 11.1. The van der Waals surface area contributed by atoms with Gasteiger partial charge in [-0.25, -0.2) is 4.99 Å². The summed E-state index contributed by atoms with van der Waals surface area (Å²) >= 11 is 0. The summed E-state index contributed by atoms with van der Waals surface area (Å²) in [5, 5.41) is 8.69. The smallest absolute Gasteiger partial charge is 0.258 e.